The van der Waals surface area contributed by atoms with Gasteiger partial charge in [0, 0.05) is 6.20 Å². The molecular formula is C8H6ClN3O. The van der Waals surface area contributed by atoms with Crippen LogP contribution in [0.1, 0.15) is 5.56 Å². The first-order chi connectivity index (χ1) is 6.27. The third-order valence-electron chi connectivity index (χ3n) is 1.62. The average Bonchev–Trinajstić information content (AvgIpc) is 2.56. The Morgan fingerprint density at radius 3 is 2.85 bits per heavy atom. The first-order valence-electron chi connectivity index (χ1n) is 3.66. The molecule has 0 saturated carbocycles. The third-order valence-corrected chi connectivity index (χ3v) is 1.82. The Morgan fingerprint density at radius 2 is 2.23 bits per heavy atom. The van der Waals surface area contributed by atoms with Gasteiger partial charge in [0.1, 0.15) is 5.69 Å². The highest BCUT2D eigenvalue weighted by Crippen LogP contribution is 2.19. The number of hydrogen-bond donors (Lipinski definition) is 0. The Hall–Kier alpha value is -1.42. The summed E-state index contributed by atoms with van der Waals surface area (Å²) < 4.78 is 4.62. The molecule has 0 radical (unpaired) electrons. The van der Waals surface area contributed by atoms with E-state index in [9.17, 15) is 0 Å². The molecule has 0 aliphatic heterocycles. The highest BCUT2D eigenvalue weighted by molar-refractivity contribution is 6.30. The fourth-order valence-electron chi connectivity index (χ4n) is 1.05. The molecule has 2 heterocycles. The second-order valence-electron chi connectivity index (χ2n) is 2.57. The van der Waals surface area contributed by atoms with E-state index in [2.05, 4.69) is 19.6 Å². The lowest BCUT2D eigenvalue weighted by atomic mass is 10.2. The number of rotatable bonds is 1. The zero-order chi connectivity index (χ0) is 9.26. The first kappa shape index (κ1) is 8.19. The van der Waals surface area contributed by atoms with Crippen molar-refractivity contribution >= 4 is 11.6 Å². The van der Waals surface area contributed by atoms with Crippen molar-refractivity contribution in [2.45, 2.75) is 6.92 Å². The SMILES string of the molecule is Cc1cc(Cl)cnc1-c1ncon1. The van der Waals surface area contributed by atoms with E-state index >= 15 is 0 Å². The number of halogens is 1. The molecule has 0 unspecified atom stereocenters. The number of nitrogens with zero attached hydrogens (tertiary/aromatic N) is 3. The predicted octanol–water partition coefficient (Wildman–Crippen LogP) is 2.09. The van der Waals surface area contributed by atoms with Crippen LogP contribution in [0.25, 0.3) is 11.5 Å². The van der Waals surface area contributed by atoms with Crippen molar-refractivity contribution in [3.63, 3.8) is 0 Å². The maximum atomic E-state index is 5.75. The quantitative estimate of drug-likeness (QED) is 0.699. The van der Waals surface area contributed by atoms with Gasteiger partial charge in [-0.3, -0.25) is 4.98 Å². The maximum Gasteiger partial charge on any atom is 0.221 e. The summed E-state index contributed by atoms with van der Waals surface area (Å²) in [6, 6.07) is 1.81. The minimum absolute atomic E-state index is 0.481. The van der Waals surface area contributed by atoms with E-state index in [-0.39, 0.29) is 0 Å². The van der Waals surface area contributed by atoms with Crippen molar-refractivity contribution in [3.05, 3.63) is 29.2 Å². The van der Waals surface area contributed by atoms with Gasteiger partial charge in [0.2, 0.25) is 12.2 Å². The number of aromatic nitrogens is 3. The molecule has 2 aromatic heterocycles. The fourth-order valence-corrected chi connectivity index (χ4v) is 1.26. The van der Waals surface area contributed by atoms with Crippen LogP contribution in [0.5, 0.6) is 0 Å². The molecule has 0 saturated heterocycles. The molecule has 13 heavy (non-hydrogen) atoms. The summed E-state index contributed by atoms with van der Waals surface area (Å²) in [7, 11) is 0. The molecule has 5 heteroatoms. The zero-order valence-corrected chi connectivity index (χ0v) is 7.62. The molecule has 0 atom stereocenters. The summed E-state index contributed by atoms with van der Waals surface area (Å²) in [6.45, 7) is 1.89. The molecule has 0 aliphatic rings. The van der Waals surface area contributed by atoms with Gasteiger partial charge < -0.3 is 4.52 Å². The van der Waals surface area contributed by atoms with E-state index in [1.165, 1.54) is 6.39 Å². The summed E-state index contributed by atoms with van der Waals surface area (Å²) in [5.41, 5.74) is 1.62. The van der Waals surface area contributed by atoms with Gasteiger partial charge in [-0.15, -0.1) is 0 Å². The smallest absolute Gasteiger partial charge is 0.221 e. The minimum atomic E-state index is 0.481. The van der Waals surface area contributed by atoms with E-state index < -0.39 is 0 Å². The lowest BCUT2D eigenvalue weighted by Gasteiger charge is -1.98. The normalized spacial score (nSPS) is 10.3. The van der Waals surface area contributed by atoms with Crippen LogP contribution in [0, 0.1) is 6.92 Å². The van der Waals surface area contributed by atoms with Crippen molar-refractivity contribution in [3.8, 4) is 11.5 Å². The van der Waals surface area contributed by atoms with Gasteiger partial charge in [0.05, 0.1) is 5.02 Å². The van der Waals surface area contributed by atoms with Gasteiger partial charge in [-0.05, 0) is 18.6 Å². The van der Waals surface area contributed by atoms with Crippen molar-refractivity contribution in [1.29, 1.82) is 0 Å². The molecule has 2 aromatic rings. The van der Waals surface area contributed by atoms with E-state index in [4.69, 9.17) is 11.6 Å². The minimum Gasteiger partial charge on any atom is -0.342 e. The Labute approximate surface area is 79.6 Å². The maximum absolute atomic E-state index is 5.75. The average molecular weight is 196 g/mol. The van der Waals surface area contributed by atoms with Crippen LogP contribution in [-0.2, 0) is 0 Å². The predicted molar refractivity (Wildman–Crippen MR) is 47.3 cm³/mol. The highest BCUT2D eigenvalue weighted by atomic mass is 35.5. The molecule has 4 nitrogen and oxygen atoms in total. The van der Waals surface area contributed by atoms with E-state index in [1.807, 2.05) is 6.92 Å². The van der Waals surface area contributed by atoms with E-state index in [0.717, 1.165) is 5.56 Å². The summed E-state index contributed by atoms with van der Waals surface area (Å²) in [4.78, 5) is 8.00. The van der Waals surface area contributed by atoms with E-state index in [0.29, 0.717) is 16.5 Å². The molecule has 0 aromatic carbocycles. The van der Waals surface area contributed by atoms with Crippen LogP contribution in [0.4, 0.5) is 0 Å². The van der Waals surface area contributed by atoms with Gasteiger partial charge in [-0.2, -0.15) is 4.98 Å². The zero-order valence-electron chi connectivity index (χ0n) is 6.86. The molecule has 0 spiro atoms. The van der Waals surface area contributed by atoms with Crippen LogP contribution in [-0.4, -0.2) is 15.1 Å². The third kappa shape index (κ3) is 1.53. The summed E-state index contributed by atoms with van der Waals surface area (Å²) in [6.07, 6.45) is 2.82. The van der Waals surface area contributed by atoms with Crippen LogP contribution >= 0.6 is 11.6 Å². The van der Waals surface area contributed by atoms with Crippen LogP contribution in [0.3, 0.4) is 0 Å². The van der Waals surface area contributed by atoms with Gasteiger partial charge in [0.25, 0.3) is 0 Å². The Bertz CT molecular complexity index is 413. The van der Waals surface area contributed by atoms with Gasteiger partial charge in [0.15, 0.2) is 0 Å². The Morgan fingerprint density at radius 1 is 1.38 bits per heavy atom. The fraction of sp³-hybridized carbons (Fsp3) is 0.125. The van der Waals surface area contributed by atoms with E-state index in [1.54, 1.807) is 12.3 Å². The van der Waals surface area contributed by atoms with Gasteiger partial charge in [-0.25, -0.2) is 0 Å². The summed E-state index contributed by atoms with van der Waals surface area (Å²) in [5.74, 6) is 0.481. The molecule has 2 rings (SSSR count). The monoisotopic (exact) mass is 195 g/mol. The Balaban J connectivity index is 2.53. The molecule has 0 bridgehead atoms. The topological polar surface area (TPSA) is 51.8 Å². The second kappa shape index (κ2) is 3.14. The summed E-state index contributed by atoms with van der Waals surface area (Å²) >= 11 is 5.75. The standard InChI is InChI=1S/C8H6ClN3O/c1-5-2-6(9)3-10-7(5)8-11-4-13-12-8/h2-4H,1H3. The van der Waals surface area contributed by atoms with Gasteiger partial charge in [-0.1, -0.05) is 16.8 Å². The summed E-state index contributed by atoms with van der Waals surface area (Å²) in [5, 5.41) is 4.29. The molecule has 0 amide bonds. The van der Waals surface area contributed by atoms with Crippen molar-refractivity contribution in [2.24, 2.45) is 0 Å². The molecule has 0 N–H and O–H groups in total. The van der Waals surface area contributed by atoms with Crippen molar-refractivity contribution in [1.82, 2.24) is 15.1 Å². The van der Waals surface area contributed by atoms with Crippen LogP contribution in [0.2, 0.25) is 5.02 Å². The van der Waals surface area contributed by atoms with Crippen LogP contribution in [0.15, 0.2) is 23.2 Å². The molecule has 0 aliphatic carbocycles. The number of hydrogen-bond acceptors (Lipinski definition) is 4. The highest BCUT2D eigenvalue weighted by Gasteiger charge is 2.07. The first-order valence-corrected chi connectivity index (χ1v) is 4.04. The molecule has 66 valence electrons. The number of pyridine rings is 1. The van der Waals surface area contributed by atoms with Crippen molar-refractivity contribution in [2.75, 3.05) is 0 Å². The van der Waals surface area contributed by atoms with Crippen molar-refractivity contribution < 1.29 is 4.52 Å². The van der Waals surface area contributed by atoms with Gasteiger partial charge >= 0.3 is 0 Å². The largest absolute Gasteiger partial charge is 0.342 e. The lowest BCUT2D eigenvalue weighted by molar-refractivity contribution is 0.418. The number of aryl methyl sites for hydroxylation is 1. The second-order valence-corrected chi connectivity index (χ2v) is 3.01. The van der Waals surface area contributed by atoms with Crippen LogP contribution < -0.4 is 0 Å². The lowest BCUT2D eigenvalue weighted by Crippen LogP contribution is -1.89. The Kier molecular flexibility index (Phi) is 1.98. The molecule has 0 fully saturated rings. The molecular weight excluding hydrogens is 190 g/mol.